The molecule has 3 aromatic rings. The second-order valence-corrected chi connectivity index (χ2v) is 5.46. The lowest BCUT2D eigenvalue weighted by Crippen LogP contribution is -2.29. The molecule has 3 rings (SSSR count). The Morgan fingerprint density at radius 1 is 0.926 bits per heavy atom. The fourth-order valence-electron chi connectivity index (χ4n) is 2.29. The molecule has 0 bridgehead atoms. The van der Waals surface area contributed by atoms with Crippen LogP contribution in [0.25, 0.3) is 11.3 Å². The zero-order valence-corrected chi connectivity index (χ0v) is 14.0. The smallest absolute Gasteiger partial charge is 0.257 e. The van der Waals surface area contributed by atoms with E-state index in [4.69, 9.17) is 4.74 Å². The van der Waals surface area contributed by atoms with Crippen molar-refractivity contribution in [3.05, 3.63) is 77.6 Å². The highest BCUT2D eigenvalue weighted by molar-refractivity contribution is 5.94. The van der Waals surface area contributed by atoms with Gasteiger partial charge in [-0.05, 0) is 42.5 Å². The normalized spacial score (nSPS) is 10.5. The van der Waals surface area contributed by atoms with Gasteiger partial charge in [-0.25, -0.2) is 13.2 Å². The first-order chi connectivity index (χ1) is 13.0. The maximum atomic E-state index is 13.5. The molecule has 1 N–H and O–H groups in total. The number of hydrogen-bond acceptors (Lipinski definition) is 4. The summed E-state index contributed by atoms with van der Waals surface area (Å²) in [4.78, 5) is 11.8. The lowest BCUT2D eigenvalue weighted by atomic mass is 10.1. The van der Waals surface area contributed by atoms with Gasteiger partial charge in [0.15, 0.2) is 0 Å². The summed E-state index contributed by atoms with van der Waals surface area (Å²) in [5.74, 6) is -2.87. The van der Waals surface area contributed by atoms with E-state index in [0.29, 0.717) is 11.3 Å². The van der Waals surface area contributed by atoms with Crippen LogP contribution in [0.1, 0.15) is 10.4 Å². The molecule has 0 spiro atoms. The number of nitrogens with one attached hydrogen (secondary N) is 1. The molecule has 1 aromatic heterocycles. The lowest BCUT2D eigenvalue weighted by molar-refractivity contribution is 0.0938. The first-order valence-electron chi connectivity index (χ1n) is 7.99. The SMILES string of the molecule is O=C(NCCOc1ccc(-c2ccc(F)cc2)nn1)c1c(F)cccc1F. The van der Waals surface area contributed by atoms with Gasteiger partial charge in [-0.3, -0.25) is 4.79 Å². The van der Waals surface area contributed by atoms with E-state index in [1.165, 1.54) is 18.2 Å². The van der Waals surface area contributed by atoms with E-state index < -0.39 is 23.1 Å². The molecule has 27 heavy (non-hydrogen) atoms. The van der Waals surface area contributed by atoms with Gasteiger partial charge in [-0.2, -0.15) is 0 Å². The molecule has 0 unspecified atom stereocenters. The summed E-state index contributed by atoms with van der Waals surface area (Å²) < 4.78 is 45.3. The van der Waals surface area contributed by atoms with Gasteiger partial charge < -0.3 is 10.1 Å². The number of aromatic nitrogens is 2. The summed E-state index contributed by atoms with van der Waals surface area (Å²) in [5, 5.41) is 10.2. The van der Waals surface area contributed by atoms with Crippen molar-refractivity contribution in [2.75, 3.05) is 13.2 Å². The minimum atomic E-state index is -0.935. The van der Waals surface area contributed by atoms with Crippen molar-refractivity contribution < 1.29 is 22.7 Å². The van der Waals surface area contributed by atoms with Crippen molar-refractivity contribution in [1.82, 2.24) is 15.5 Å². The third-order valence-electron chi connectivity index (χ3n) is 3.61. The lowest BCUT2D eigenvalue weighted by Gasteiger charge is -2.08. The van der Waals surface area contributed by atoms with Crippen LogP contribution in [-0.4, -0.2) is 29.3 Å². The predicted molar refractivity (Wildman–Crippen MR) is 91.6 cm³/mol. The third kappa shape index (κ3) is 4.60. The second-order valence-electron chi connectivity index (χ2n) is 5.46. The summed E-state index contributed by atoms with van der Waals surface area (Å²) in [6.45, 7) is 0.0559. The molecule has 0 saturated carbocycles. The molecule has 0 saturated heterocycles. The van der Waals surface area contributed by atoms with Gasteiger partial charge in [0.2, 0.25) is 5.88 Å². The van der Waals surface area contributed by atoms with Crippen molar-refractivity contribution in [1.29, 1.82) is 0 Å². The Hall–Kier alpha value is -3.42. The van der Waals surface area contributed by atoms with Crippen LogP contribution in [-0.2, 0) is 0 Å². The fraction of sp³-hybridized carbons (Fsp3) is 0.105. The fourth-order valence-corrected chi connectivity index (χ4v) is 2.29. The number of nitrogens with zero attached hydrogens (tertiary/aromatic N) is 2. The van der Waals surface area contributed by atoms with E-state index >= 15 is 0 Å². The van der Waals surface area contributed by atoms with Gasteiger partial charge in [0.1, 0.15) is 29.6 Å². The number of amides is 1. The number of hydrogen-bond donors (Lipinski definition) is 1. The van der Waals surface area contributed by atoms with Crippen LogP contribution in [0.3, 0.4) is 0 Å². The van der Waals surface area contributed by atoms with Crippen LogP contribution >= 0.6 is 0 Å². The van der Waals surface area contributed by atoms with Crippen molar-refractivity contribution >= 4 is 5.91 Å². The van der Waals surface area contributed by atoms with Crippen molar-refractivity contribution in [2.45, 2.75) is 0 Å². The number of rotatable bonds is 6. The molecule has 2 aromatic carbocycles. The zero-order valence-electron chi connectivity index (χ0n) is 14.0. The molecule has 0 aliphatic carbocycles. The van der Waals surface area contributed by atoms with Crippen LogP contribution < -0.4 is 10.1 Å². The van der Waals surface area contributed by atoms with Gasteiger partial charge in [0, 0.05) is 11.6 Å². The molecule has 5 nitrogen and oxygen atoms in total. The summed E-state index contributed by atoms with van der Waals surface area (Å²) in [5.41, 5.74) is 0.612. The van der Waals surface area contributed by atoms with E-state index in [9.17, 15) is 18.0 Å². The van der Waals surface area contributed by atoms with Crippen LogP contribution in [0, 0.1) is 17.5 Å². The number of carbonyl (C=O) groups is 1. The molecule has 0 aliphatic rings. The van der Waals surface area contributed by atoms with Gasteiger partial charge in [0.05, 0.1) is 12.2 Å². The van der Waals surface area contributed by atoms with E-state index in [1.54, 1.807) is 24.3 Å². The Bertz CT molecular complexity index is 912. The van der Waals surface area contributed by atoms with Crippen LogP contribution in [0.2, 0.25) is 0 Å². The third-order valence-corrected chi connectivity index (χ3v) is 3.61. The average Bonchev–Trinajstić information content (AvgIpc) is 2.66. The minimum absolute atomic E-state index is 0.0218. The molecule has 0 radical (unpaired) electrons. The average molecular weight is 373 g/mol. The largest absolute Gasteiger partial charge is 0.475 e. The van der Waals surface area contributed by atoms with Crippen molar-refractivity contribution in [3.8, 4) is 17.1 Å². The summed E-state index contributed by atoms with van der Waals surface area (Å²) >= 11 is 0. The Morgan fingerprint density at radius 2 is 1.63 bits per heavy atom. The molecule has 0 fully saturated rings. The number of benzene rings is 2. The van der Waals surface area contributed by atoms with Crippen molar-refractivity contribution in [3.63, 3.8) is 0 Å². The molecule has 0 atom stereocenters. The maximum absolute atomic E-state index is 13.5. The quantitative estimate of drug-likeness (QED) is 0.673. The summed E-state index contributed by atoms with van der Waals surface area (Å²) in [6.07, 6.45) is 0. The van der Waals surface area contributed by atoms with Gasteiger partial charge in [-0.15, -0.1) is 10.2 Å². The standard InChI is InChI=1S/C19H14F3N3O2/c20-13-6-4-12(5-7-13)16-8-9-17(25-24-16)27-11-10-23-19(26)18-14(21)2-1-3-15(18)22/h1-9H,10-11H2,(H,23,26). The van der Waals surface area contributed by atoms with E-state index in [2.05, 4.69) is 15.5 Å². The Balaban J connectivity index is 1.51. The maximum Gasteiger partial charge on any atom is 0.257 e. The number of halogens is 3. The number of ether oxygens (including phenoxy) is 1. The molecular weight excluding hydrogens is 359 g/mol. The van der Waals surface area contributed by atoms with E-state index in [-0.39, 0.29) is 24.8 Å². The monoisotopic (exact) mass is 373 g/mol. The van der Waals surface area contributed by atoms with Crippen LogP contribution in [0.5, 0.6) is 5.88 Å². The predicted octanol–water partition coefficient (Wildman–Crippen LogP) is 3.37. The molecule has 138 valence electrons. The van der Waals surface area contributed by atoms with Gasteiger partial charge in [-0.1, -0.05) is 6.07 Å². The summed E-state index contributed by atoms with van der Waals surface area (Å²) in [7, 11) is 0. The zero-order chi connectivity index (χ0) is 19.2. The topological polar surface area (TPSA) is 64.1 Å². The Labute approximate surface area is 152 Å². The first-order valence-corrected chi connectivity index (χ1v) is 7.99. The Morgan fingerprint density at radius 3 is 2.26 bits per heavy atom. The minimum Gasteiger partial charge on any atom is -0.475 e. The molecule has 0 aliphatic heterocycles. The van der Waals surface area contributed by atoms with Crippen LogP contribution in [0.15, 0.2) is 54.6 Å². The highest BCUT2D eigenvalue weighted by atomic mass is 19.1. The molecule has 8 heteroatoms. The molecule has 1 amide bonds. The highest BCUT2D eigenvalue weighted by Crippen LogP contribution is 2.18. The molecular formula is C19H14F3N3O2. The van der Waals surface area contributed by atoms with Gasteiger partial charge in [0.25, 0.3) is 5.91 Å². The summed E-state index contributed by atoms with van der Waals surface area (Å²) in [6, 6.07) is 12.2. The van der Waals surface area contributed by atoms with Gasteiger partial charge >= 0.3 is 0 Å². The highest BCUT2D eigenvalue weighted by Gasteiger charge is 2.16. The first kappa shape index (κ1) is 18.4. The van der Waals surface area contributed by atoms with E-state index in [1.807, 2.05) is 0 Å². The van der Waals surface area contributed by atoms with Crippen molar-refractivity contribution in [2.24, 2.45) is 0 Å². The van der Waals surface area contributed by atoms with E-state index in [0.717, 1.165) is 12.1 Å². The second kappa shape index (κ2) is 8.31. The Kier molecular flexibility index (Phi) is 5.65. The van der Waals surface area contributed by atoms with Crippen LogP contribution in [0.4, 0.5) is 13.2 Å². The number of carbonyl (C=O) groups excluding carboxylic acids is 1. The molecule has 1 heterocycles.